The van der Waals surface area contributed by atoms with E-state index in [2.05, 4.69) is 27.8 Å². The van der Waals surface area contributed by atoms with E-state index in [1.807, 2.05) is 12.3 Å². The molecule has 3 heterocycles. The van der Waals surface area contributed by atoms with Gasteiger partial charge >= 0.3 is 0 Å². The Hall–Kier alpha value is -3.03. The van der Waals surface area contributed by atoms with Crippen molar-refractivity contribution in [3.63, 3.8) is 0 Å². The molecule has 1 fully saturated rings. The van der Waals surface area contributed by atoms with Gasteiger partial charge in [0.15, 0.2) is 5.84 Å². The zero-order chi connectivity index (χ0) is 23.2. The number of piperidine rings is 1. The van der Waals surface area contributed by atoms with Gasteiger partial charge in [-0.05, 0) is 61.4 Å². The van der Waals surface area contributed by atoms with Gasteiger partial charge in [0, 0.05) is 36.6 Å². The molecule has 1 aromatic heterocycles. The number of aromatic nitrogens is 1. The van der Waals surface area contributed by atoms with Gasteiger partial charge in [-0.1, -0.05) is 24.8 Å². The number of likely N-dealkylation sites (tertiary alicyclic amines) is 1. The Morgan fingerprint density at radius 1 is 1.24 bits per heavy atom. The van der Waals surface area contributed by atoms with Gasteiger partial charge in [0.05, 0.1) is 11.4 Å². The van der Waals surface area contributed by atoms with Crippen LogP contribution in [0.5, 0.6) is 0 Å². The summed E-state index contributed by atoms with van der Waals surface area (Å²) < 4.78 is 29.4. The van der Waals surface area contributed by atoms with Crippen LogP contribution in [0, 0.1) is 11.2 Å². The average Bonchev–Trinajstić information content (AvgIpc) is 3.10. The molecule has 1 saturated heterocycles. The van der Waals surface area contributed by atoms with Crippen LogP contribution in [0.3, 0.4) is 0 Å². The van der Waals surface area contributed by atoms with Crippen molar-refractivity contribution in [1.82, 2.24) is 15.2 Å². The van der Waals surface area contributed by atoms with Crippen LogP contribution >= 0.6 is 12.4 Å². The largest absolute Gasteiger partial charge is 0.355 e. The fourth-order valence-corrected chi connectivity index (χ4v) is 5.27. The summed E-state index contributed by atoms with van der Waals surface area (Å²) in [5.41, 5.74) is 10.5. The lowest BCUT2D eigenvalue weighted by Gasteiger charge is -2.44. The van der Waals surface area contributed by atoms with Crippen molar-refractivity contribution >= 4 is 23.9 Å². The van der Waals surface area contributed by atoms with Crippen LogP contribution in [-0.2, 0) is 6.42 Å². The second kappa shape index (κ2) is 9.31. The van der Waals surface area contributed by atoms with Crippen LogP contribution in [0.4, 0.5) is 8.78 Å². The van der Waals surface area contributed by atoms with Gasteiger partial charge in [-0.3, -0.25) is 4.98 Å². The zero-order valence-electron chi connectivity index (χ0n) is 19.0. The van der Waals surface area contributed by atoms with Crippen molar-refractivity contribution < 1.29 is 8.78 Å². The summed E-state index contributed by atoms with van der Waals surface area (Å²) in [5, 5.41) is 3.11. The second-order valence-electron chi connectivity index (χ2n) is 8.97. The first-order valence-corrected chi connectivity index (χ1v) is 11.2. The third-order valence-electron chi connectivity index (χ3n) is 7.17. The van der Waals surface area contributed by atoms with Crippen molar-refractivity contribution in [2.45, 2.75) is 32.2 Å². The fraction of sp³-hybridized carbons (Fsp3) is 0.308. The molecule has 2 aromatic rings. The van der Waals surface area contributed by atoms with Crippen molar-refractivity contribution in [2.24, 2.45) is 16.1 Å². The molecule has 34 heavy (non-hydrogen) atoms. The van der Waals surface area contributed by atoms with Crippen LogP contribution < -0.4 is 11.1 Å². The summed E-state index contributed by atoms with van der Waals surface area (Å²) >= 11 is 0. The molecule has 1 aromatic carbocycles. The molecule has 1 atom stereocenters. The van der Waals surface area contributed by atoms with E-state index >= 15 is 0 Å². The lowest BCUT2D eigenvalue weighted by Crippen LogP contribution is -2.48. The Labute approximate surface area is 204 Å². The SMILES string of the molecule is C=C/C(F)=C1\NC(c2ccccc2F)=C(C)N=C1N1CCC2(CC1)Cc1ncccc1[C@H]2N.Cl. The molecular formula is C26H28ClF2N5. The van der Waals surface area contributed by atoms with Gasteiger partial charge in [-0.2, -0.15) is 0 Å². The number of allylic oxidation sites excluding steroid dienone is 3. The number of benzene rings is 1. The van der Waals surface area contributed by atoms with Crippen molar-refractivity contribution in [1.29, 1.82) is 0 Å². The van der Waals surface area contributed by atoms with Crippen molar-refractivity contribution in [2.75, 3.05) is 13.1 Å². The number of nitrogens with zero attached hydrogens (tertiary/aromatic N) is 3. The standard InChI is InChI=1S/C26H27F2N5.ClH/c1-3-19(27)23-25(31-16(2)22(32-23)17-7-4-5-9-20(17)28)33-13-10-26(11-14-33)15-21-18(24(26)29)8-6-12-30-21;/h3-9,12,24,32H,1,10-11,13-15,29H2,2H3;1H/b23-19+;/t24-;/m1./s1. The predicted molar refractivity (Wildman–Crippen MR) is 133 cm³/mol. The number of pyridine rings is 1. The monoisotopic (exact) mass is 483 g/mol. The van der Waals surface area contributed by atoms with Crippen molar-refractivity contribution in [3.8, 4) is 0 Å². The Morgan fingerprint density at radius 3 is 2.65 bits per heavy atom. The molecule has 178 valence electrons. The Morgan fingerprint density at radius 2 is 1.97 bits per heavy atom. The van der Waals surface area contributed by atoms with Crippen LogP contribution in [0.1, 0.15) is 42.6 Å². The molecule has 0 unspecified atom stereocenters. The number of fused-ring (bicyclic) bond motifs is 1. The van der Waals surface area contributed by atoms with Crippen LogP contribution in [0.25, 0.3) is 5.70 Å². The summed E-state index contributed by atoms with van der Waals surface area (Å²) in [4.78, 5) is 11.4. The smallest absolute Gasteiger partial charge is 0.155 e. The number of amidine groups is 1. The molecule has 5 nitrogen and oxygen atoms in total. The Bertz CT molecular complexity index is 1210. The van der Waals surface area contributed by atoms with E-state index in [0.29, 0.717) is 35.9 Å². The van der Waals surface area contributed by atoms with Crippen LogP contribution in [0.2, 0.25) is 0 Å². The third-order valence-corrected chi connectivity index (χ3v) is 7.17. The number of hydrogen-bond donors (Lipinski definition) is 2. The van der Waals surface area contributed by atoms with Crippen molar-refractivity contribution in [3.05, 3.63) is 95.1 Å². The Balaban J connectivity index is 0.00000274. The minimum atomic E-state index is -0.524. The summed E-state index contributed by atoms with van der Waals surface area (Å²) in [6.45, 7) is 6.77. The number of hydrogen-bond acceptors (Lipinski definition) is 5. The molecule has 0 bridgehead atoms. The quantitative estimate of drug-likeness (QED) is 0.628. The van der Waals surface area contributed by atoms with Gasteiger partial charge in [0.25, 0.3) is 0 Å². The minimum Gasteiger partial charge on any atom is -0.355 e. The van der Waals surface area contributed by atoms with E-state index in [1.54, 1.807) is 25.1 Å². The number of rotatable bonds is 2. The summed E-state index contributed by atoms with van der Waals surface area (Å²) in [5.74, 6) is -0.397. The first kappa shape index (κ1) is 24.1. The van der Waals surface area contributed by atoms with E-state index in [1.165, 1.54) is 6.07 Å². The fourth-order valence-electron chi connectivity index (χ4n) is 5.27. The van der Waals surface area contributed by atoms with E-state index in [9.17, 15) is 8.78 Å². The average molecular weight is 484 g/mol. The summed E-state index contributed by atoms with van der Waals surface area (Å²) in [6.07, 6.45) is 5.55. The van der Waals surface area contributed by atoms with E-state index in [0.717, 1.165) is 36.6 Å². The molecule has 0 radical (unpaired) electrons. The maximum atomic E-state index is 14.9. The predicted octanol–water partition coefficient (Wildman–Crippen LogP) is 5.04. The van der Waals surface area contributed by atoms with Crippen LogP contribution in [0.15, 0.2) is 77.5 Å². The van der Waals surface area contributed by atoms with Gasteiger partial charge in [0.2, 0.25) is 0 Å². The molecule has 1 aliphatic carbocycles. The number of nitrogens with one attached hydrogen (secondary N) is 1. The summed E-state index contributed by atoms with van der Waals surface area (Å²) in [6, 6.07) is 10.4. The van der Waals surface area contributed by atoms with Crippen LogP contribution in [-0.4, -0.2) is 28.8 Å². The molecule has 2 aliphatic heterocycles. The molecule has 0 saturated carbocycles. The molecule has 3 N–H and O–H groups in total. The second-order valence-corrected chi connectivity index (χ2v) is 8.97. The lowest BCUT2D eigenvalue weighted by atomic mass is 9.73. The molecule has 1 spiro atoms. The third kappa shape index (κ3) is 3.93. The number of nitrogens with two attached hydrogens (primary N) is 1. The maximum Gasteiger partial charge on any atom is 0.155 e. The molecular weight excluding hydrogens is 456 g/mol. The molecule has 3 aliphatic rings. The van der Waals surface area contributed by atoms with E-state index in [-0.39, 0.29) is 35.4 Å². The Kier molecular flexibility index (Phi) is 6.60. The maximum absolute atomic E-state index is 14.9. The topological polar surface area (TPSA) is 66.5 Å². The molecule has 0 amide bonds. The lowest BCUT2D eigenvalue weighted by molar-refractivity contribution is 0.127. The number of halogens is 3. The van der Waals surface area contributed by atoms with Gasteiger partial charge in [0.1, 0.15) is 17.3 Å². The molecule has 5 rings (SSSR count). The highest BCUT2D eigenvalue weighted by Gasteiger charge is 2.47. The highest BCUT2D eigenvalue weighted by molar-refractivity contribution is 6.03. The zero-order valence-corrected chi connectivity index (χ0v) is 19.8. The number of aliphatic imine (C=N–C) groups is 1. The van der Waals surface area contributed by atoms with E-state index < -0.39 is 5.83 Å². The first-order valence-electron chi connectivity index (χ1n) is 11.2. The highest BCUT2D eigenvalue weighted by Crippen LogP contribution is 2.50. The first-order chi connectivity index (χ1) is 15.9. The normalized spacial score (nSPS) is 22.5. The minimum absolute atomic E-state index is 0. The van der Waals surface area contributed by atoms with Gasteiger partial charge in [-0.25, -0.2) is 13.8 Å². The molecule has 8 heteroatoms. The summed E-state index contributed by atoms with van der Waals surface area (Å²) in [7, 11) is 0. The van der Waals surface area contributed by atoms with Gasteiger partial charge in [-0.15, -0.1) is 12.4 Å². The van der Waals surface area contributed by atoms with Gasteiger partial charge < -0.3 is 16.0 Å². The van der Waals surface area contributed by atoms with E-state index in [4.69, 9.17) is 10.7 Å². The highest BCUT2D eigenvalue weighted by atomic mass is 35.5.